The number of rotatable bonds is 9. The van der Waals surface area contributed by atoms with Gasteiger partial charge in [0, 0.05) is 24.1 Å². The molecule has 3 aromatic carbocycles. The molecule has 2 saturated heterocycles. The third kappa shape index (κ3) is 4.99. The number of cyclic esters (lactones) is 1. The molecule has 43 heavy (non-hydrogen) atoms. The highest BCUT2D eigenvalue weighted by atomic mass is 16.7. The highest BCUT2D eigenvalue weighted by Crippen LogP contribution is 2.56. The van der Waals surface area contributed by atoms with Crippen LogP contribution in [0.4, 0.5) is 5.69 Å². The zero-order valence-electron chi connectivity index (χ0n) is 24.9. The number of benzene rings is 3. The van der Waals surface area contributed by atoms with Gasteiger partial charge in [0.05, 0.1) is 39.9 Å². The number of carbonyl (C=O) groups is 1. The van der Waals surface area contributed by atoms with Gasteiger partial charge in [-0.3, -0.25) is 4.79 Å². The average Bonchev–Trinajstić information content (AvgIpc) is 3.81. The van der Waals surface area contributed by atoms with Gasteiger partial charge in [-0.2, -0.15) is 0 Å². The van der Waals surface area contributed by atoms with Gasteiger partial charge >= 0.3 is 5.97 Å². The summed E-state index contributed by atoms with van der Waals surface area (Å²) < 4.78 is 34.4. The lowest BCUT2D eigenvalue weighted by Gasteiger charge is -2.40. The van der Waals surface area contributed by atoms with Crippen molar-refractivity contribution in [1.82, 2.24) is 4.90 Å². The van der Waals surface area contributed by atoms with Crippen LogP contribution in [0.3, 0.4) is 0 Å². The van der Waals surface area contributed by atoms with Gasteiger partial charge in [0.25, 0.3) is 0 Å². The third-order valence-corrected chi connectivity index (χ3v) is 9.42. The first-order chi connectivity index (χ1) is 21.1. The van der Waals surface area contributed by atoms with Crippen LogP contribution < -0.4 is 29.0 Å². The fourth-order valence-electron chi connectivity index (χ4n) is 7.27. The van der Waals surface area contributed by atoms with Gasteiger partial charge in [0.2, 0.25) is 12.5 Å². The van der Waals surface area contributed by atoms with Crippen LogP contribution in [0.2, 0.25) is 0 Å². The number of carbonyl (C=O) groups excluding carboxylic acids is 1. The molecule has 3 aromatic rings. The first-order valence-electron chi connectivity index (χ1n) is 15.1. The van der Waals surface area contributed by atoms with Gasteiger partial charge in [-0.25, -0.2) is 0 Å². The fourth-order valence-corrected chi connectivity index (χ4v) is 7.27. The zero-order chi connectivity index (χ0) is 29.5. The number of nitrogens with zero attached hydrogens (tertiary/aromatic N) is 1. The summed E-state index contributed by atoms with van der Waals surface area (Å²) in [5.74, 6) is 1.88. The smallest absolute Gasteiger partial charge is 0.310 e. The van der Waals surface area contributed by atoms with Crippen LogP contribution in [0.5, 0.6) is 28.7 Å². The highest BCUT2D eigenvalue weighted by molar-refractivity contribution is 5.79. The van der Waals surface area contributed by atoms with E-state index >= 15 is 0 Å². The fraction of sp³-hybridized carbons (Fsp3) is 0.441. The Hall–Kier alpha value is -4.11. The van der Waals surface area contributed by atoms with Crippen LogP contribution in [0.15, 0.2) is 48.5 Å². The molecule has 0 amide bonds. The van der Waals surface area contributed by atoms with Crippen LogP contribution >= 0.6 is 0 Å². The summed E-state index contributed by atoms with van der Waals surface area (Å²) in [5, 5.41) is 3.77. The van der Waals surface area contributed by atoms with Gasteiger partial charge in [-0.15, -0.1) is 0 Å². The number of anilines is 1. The number of ether oxygens (including phenoxy) is 6. The van der Waals surface area contributed by atoms with Gasteiger partial charge in [-0.1, -0.05) is 12.1 Å². The van der Waals surface area contributed by atoms with Gasteiger partial charge in [0.1, 0.15) is 0 Å². The molecule has 0 aromatic heterocycles. The normalized spacial score (nSPS) is 23.8. The van der Waals surface area contributed by atoms with Crippen LogP contribution in [-0.4, -0.2) is 65.2 Å². The Morgan fingerprint density at radius 3 is 2.19 bits per heavy atom. The quantitative estimate of drug-likeness (QED) is 0.342. The van der Waals surface area contributed by atoms with E-state index in [2.05, 4.69) is 40.5 Å². The molecule has 4 atom stereocenters. The minimum atomic E-state index is -0.423. The Balaban J connectivity index is 1.26. The number of hydrogen-bond acceptors (Lipinski definition) is 9. The zero-order valence-corrected chi connectivity index (χ0v) is 24.9. The lowest BCUT2D eigenvalue weighted by molar-refractivity contribution is -0.141. The van der Waals surface area contributed by atoms with Crippen molar-refractivity contribution in [2.24, 2.45) is 11.8 Å². The molecule has 226 valence electrons. The molecule has 4 aliphatic rings. The maximum atomic E-state index is 13.5. The molecule has 0 spiro atoms. The molecule has 1 aliphatic carbocycles. The van der Waals surface area contributed by atoms with Gasteiger partial charge in [0.15, 0.2) is 23.0 Å². The predicted molar refractivity (Wildman–Crippen MR) is 161 cm³/mol. The number of fused-ring (bicyclic) bond motifs is 3. The Morgan fingerprint density at radius 2 is 1.53 bits per heavy atom. The van der Waals surface area contributed by atoms with Crippen LogP contribution in [0, 0.1) is 11.8 Å². The Morgan fingerprint density at radius 1 is 0.860 bits per heavy atom. The van der Waals surface area contributed by atoms with Crippen LogP contribution in [0.25, 0.3) is 0 Å². The third-order valence-electron chi connectivity index (χ3n) is 9.42. The largest absolute Gasteiger partial charge is 0.493 e. The first-order valence-corrected chi connectivity index (χ1v) is 15.1. The molecule has 0 radical (unpaired) electrons. The number of nitrogens with one attached hydrogen (secondary N) is 1. The van der Waals surface area contributed by atoms with E-state index in [9.17, 15) is 4.79 Å². The van der Waals surface area contributed by atoms with E-state index in [1.54, 1.807) is 21.3 Å². The topological polar surface area (TPSA) is 87.7 Å². The van der Waals surface area contributed by atoms with Gasteiger partial charge in [-0.05, 0) is 91.0 Å². The van der Waals surface area contributed by atoms with E-state index in [-0.39, 0.29) is 30.6 Å². The van der Waals surface area contributed by atoms with Crippen molar-refractivity contribution in [2.75, 3.05) is 59.7 Å². The van der Waals surface area contributed by atoms with Crippen molar-refractivity contribution in [3.8, 4) is 28.7 Å². The second kappa shape index (κ2) is 11.5. The molecule has 9 nitrogen and oxygen atoms in total. The number of hydrogen-bond donors (Lipinski definition) is 1. The second-order valence-corrected chi connectivity index (χ2v) is 11.7. The summed E-state index contributed by atoms with van der Waals surface area (Å²) in [5.41, 5.74) is 5.25. The number of likely N-dealkylation sites (tertiary alicyclic amines) is 1. The van der Waals surface area contributed by atoms with Crippen molar-refractivity contribution in [2.45, 2.75) is 31.2 Å². The van der Waals surface area contributed by atoms with E-state index in [1.165, 1.54) is 31.5 Å². The molecule has 0 unspecified atom stereocenters. The summed E-state index contributed by atoms with van der Waals surface area (Å²) in [6.45, 7) is 4.00. The van der Waals surface area contributed by atoms with E-state index in [4.69, 9.17) is 28.4 Å². The molecule has 3 heterocycles. The van der Waals surface area contributed by atoms with Crippen molar-refractivity contribution >= 4 is 11.7 Å². The van der Waals surface area contributed by atoms with E-state index in [0.29, 0.717) is 35.4 Å². The minimum absolute atomic E-state index is 0.112. The van der Waals surface area contributed by atoms with Crippen molar-refractivity contribution < 1.29 is 33.2 Å². The molecule has 3 aliphatic heterocycles. The predicted octanol–water partition coefficient (Wildman–Crippen LogP) is 5.17. The van der Waals surface area contributed by atoms with Crippen molar-refractivity contribution in [1.29, 1.82) is 0 Å². The van der Waals surface area contributed by atoms with Crippen molar-refractivity contribution in [3.05, 3.63) is 70.8 Å². The Bertz CT molecular complexity index is 1480. The first kappa shape index (κ1) is 27.7. The van der Waals surface area contributed by atoms with E-state index in [0.717, 1.165) is 35.3 Å². The summed E-state index contributed by atoms with van der Waals surface area (Å²) in [4.78, 5) is 16.0. The molecule has 1 N–H and O–H groups in total. The van der Waals surface area contributed by atoms with Gasteiger partial charge < -0.3 is 38.6 Å². The van der Waals surface area contributed by atoms with E-state index in [1.807, 2.05) is 18.2 Å². The molecular formula is C34H38N2O7. The molecular weight excluding hydrogens is 548 g/mol. The summed E-state index contributed by atoms with van der Waals surface area (Å²) in [6.07, 6.45) is 3.65. The number of esters is 1. The Kier molecular flexibility index (Phi) is 7.43. The lowest BCUT2D eigenvalue weighted by atomic mass is 9.65. The van der Waals surface area contributed by atoms with Crippen molar-refractivity contribution in [3.63, 3.8) is 0 Å². The minimum Gasteiger partial charge on any atom is -0.493 e. The average molecular weight is 587 g/mol. The second-order valence-electron chi connectivity index (χ2n) is 11.7. The van der Waals surface area contributed by atoms with Crippen LogP contribution in [-0.2, 0) is 16.0 Å². The maximum absolute atomic E-state index is 13.5. The monoisotopic (exact) mass is 586 g/mol. The lowest BCUT2D eigenvalue weighted by Crippen LogP contribution is -2.37. The standard InChI is InChI=1S/C34H38N2O7/c1-38-28-14-21(15-29(39-2)33(28)40-3)30-23-16-26-27(43-19-42-26)17-24(23)32(25-18-41-34(37)31(25)30)35-22-8-6-20(7-9-22)10-13-36-11-4-5-12-36/h6-9,14-17,25,30-32,35H,4-5,10-13,18-19H2,1-3H3/t25-,30+,31-,32+/m0/s1. The SMILES string of the molecule is COc1cc([C@@H]2c3cc4c(cc3[C@@H](Nc3ccc(CCN5CCCC5)cc3)[C@H]3COC(=O)[C@H]23)OCO4)cc(OC)c1OC. The summed E-state index contributed by atoms with van der Waals surface area (Å²) >= 11 is 0. The molecule has 0 saturated carbocycles. The number of methoxy groups -OCH3 is 3. The molecule has 9 heteroatoms. The van der Waals surface area contributed by atoms with E-state index < -0.39 is 5.92 Å². The maximum Gasteiger partial charge on any atom is 0.310 e. The summed E-state index contributed by atoms with van der Waals surface area (Å²) in [7, 11) is 4.77. The Labute approximate surface area is 252 Å². The highest BCUT2D eigenvalue weighted by Gasteiger charge is 2.52. The molecule has 0 bridgehead atoms. The van der Waals surface area contributed by atoms with Crippen LogP contribution in [0.1, 0.15) is 47.1 Å². The molecule has 7 rings (SSSR count). The molecule has 2 fully saturated rings. The summed E-state index contributed by atoms with van der Waals surface area (Å²) in [6, 6.07) is 16.5.